The summed E-state index contributed by atoms with van der Waals surface area (Å²) in [6, 6.07) is 12.6. The summed E-state index contributed by atoms with van der Waals surface area (Å²) in [6.45, 7) is 49.9. The van der Waals surface area contributed by atoms with Crippen LogP contribution in [0.15, 0.2) is 69.2 Å². The lowest BCUT2D eigenvalue weighted by molar-refractivity contribution is 0.0598. The molecule has 638 valence electrons. The van der Waals surface area contributed by atoms with Crippen molar-refractivity contribution in [2.24, 2.45) is 44.1 Å². The van der Waals surface area contributed by atoms with Gasteiger partial charge in [-0.3, -0.25) is 19.2 Å². The largest absolute Gasteiger partial charge is 0.382 e. The molecule has 3 aromatic heterocycles. The van der Waals surface area contributed by atoms with Gasteiger partial charge in [-0.05, 0) is 125 Å². The number of hydrogen-bond donors (Lipinski definition) is 2. The van der Waals surface area contributed by atoms with Gasteiger partial charge < -0.3 is 31.1 Å². The van der Waals surface area contributed by atoms with E-state index in [1.54, 1.807) is 6.07 Å². The fourth-order valence-corrected chi connectivity index (χ4v) is 16.2. The Hall–Kier alpha value is -7.38. The molecule has 0 radical (unpaired) electrons. The third-order valence-electron chi connectivity index (χ3n) is 24.0. The lowest BCUT2D eigenvalue weighted by atomic mass is 9.91. The highest BCUT2D eigenvalue weighted by Gasteiger charge is 2.38. The smallest absolute Gasteiger partial charge is 0.256 e. The van der Waals surface area contributed by atoms with Crippen LogP contribution in [0.3, 0.4) is 0 Å². The van der Waals surface area contributed by atoms with Crippen LogP contribution in [0.1, 0.15) is 411 Å². The molecule has 5 aromatic rings. The van der Waals surface area contributed by atoms with E-state index in [0.29, 0.717) is 83.5 Å². The van der Waals surface area contributed by atoms with Crippen molar-refractivity contribution in [3.63, 3.8) is 0 Å². The molecular formula is C94H158N16O4. The van der Waals surface area contributed by atoms with E-state index in [9.17, 15) is 0 Å². The van der Waals surface area contributed by atoms with Gasteiger partial charge >= 0.3 is 0 Å². The van der Waals surface area contributed by atoms with Crippen molar-refractivity contribution in [2.75, 3.05) is 37.6 Å². The minimum Gasteiger partial charge on any atom is -0.382 e. The average Bonchev–Trinajstić information content (AvgIpc) is 1.77. The molecule has 3 heterocycles. The zero-order valence-corrected chi connectivity index (χ0v) is 75.7. The Morgan fingerprint density at radius 2 is 0.579 bits per heavy atom. The summed E-state index contributed by atoms with van der Waals surface area (Å²) in [4.78, 5) is 82.3. The predicted octanol–water partition coefficient (Wildman–Crippen LogP) is 25.9. The fourth-order valence-electron chi connectivity index (χ4n) is 16.2. The van der Waals surface area contributed by atoms with E-state index in [4.69, 9.17) is 52.1 Å². The zero-order valence-electron chi connectivity index (χ0n) is 75.7. The minimum atomic E-state index is -0.676. The van der Waals surface area contributed by atoms with Crippen molar-refractivity contribution in [3.8, 4) is 11.6 Å². The molecule has 0 aliphatic rings. The molecule has 0 fully saturated rings. The number of aromatic nitrogens is 6. The maximum atomic E-state index is 16.1. The van der Waals surface area contributed by atoms with E-state index in [1.165, 1.54) is 15.7 Å². The molecule has 0 bridgehead atoms. The summed E-state index contributed by atoms with van der Waals surface area (Å²) in [7, 11) is 0. The molecule has 0 saturated heterocycles. The standard InChI is InChI=1S/C94H158N16O4/c1-23-39-49-67(31-9)62-105(71(35-13)53-43-27-5)89(111)75-57-47-58-76(90(112)106(72(36-14)54-44-28-6)63-68(32-10)50-40-24-2)81(75)99-101-83-85(93(17,18)19)103-109(87(83)95)79-61-80(98-66-97-79)110-88(96)84(86(104-110)94(20,21)22)102-100-82-77(91(113)107(73(37-15)55-45-29-7)64-69(33-11)51-41-25-3)59-48-60-78(82)92(114)108(74(38-16)56-46-30-8)65-70(34-12)52-42-26-4/h47-48,57-61,66-74H,23-46,49-56,62-65,95-96H2,1-22H3. The van der Waals surface area contributed by atoms with Crippen molar-refractivity contribution in [3.05, 3.63) is 82.4 Å². The maximum absolute atomic E-state index is 16.1. The monoisotopic (exact) mass is 1580 g/mol. The molecule has 8 atom stereocenters. The Morgan fingerprint density at radius 3 is 0.789 bits per heavy atom. The number of anilines is 2. The van der Waals surface area contributed by atoms with Gasteiger partial charge in [0.15, 0.2) is 34.6 Å². The number of unbranched alkanes of at least 4 members (excludes halogenated alkanes) is 8. The number of nitrogens with zero attached hydrogens (tertiary/aromatic N) is 14. The summed E-state index contributed by atoms with van der Waals surface area (Å²) in [5.41, 5.74) is 16.7. The minimum absolute atomic E-state index is 0.0267. The van der Waals surface area contributed by atoms with Gasteiger partial charge in [0.2, 0.25) is 0 Å². The third kappa shape index (κ3) is 26.8. The second kappa shape index (κ2) is 49.6. The number of benzene rings is 2. The molecule has 4 amide bonds. The lowest BCUT2D eigenvalue weighted by Crippen LogP contribution is -2.44. The highest BCUT2D eigenvalue weighted by atomic mass is 16.2. The van der Waals surface area contributed by atoms with E-state index in [1.807, 2.05) is 77.9 Å². The van der Waals surface area contributed by atoms with E-state index >= 15 is 19.2 Å². The molecule has 0 aliphatic carbocycles. The van der Waals surface area contributed by atoms with E-state index in [0.717, 1.165) is 205 Å². The van der Waals surface area contributed by atoms with Crippen LogP contribution in [0.5, 0.6) is 0 Å². The highest BCUT2D eigenvalue weighted by molar-refractivity contribution is 6.08. The quantitative estimate of drug-likeness (QED) is 0.0349. The summed E-state index contributed by atoms with van der Waals surface area (Å²) < 4.78 is 3.04. The molecule has 5 rings (SSSR count). The first-order valence-corrected chi connectivity index (χ1v) is 45.6. The summed E-state index contributed by atoms with van der Waals surface area (Å²) >= 11 is 0. The van der Waals surface area contributed by atoms with Gasteiger partial charge in [-0.15, -0.1) is 20.5 Å². The van der Waals surface area contributed by atoms with E-state index in [-0.39, 0.29) is 93.8 Å². The first-order valence-electron chi connectivity index (χ1n) is 45.6. The van der Waals surface area contributed by atoms with Gasteiger partial charge in [-0.1, -0.05) is 293 Å². The molecule has 20 nitrogen and oxygen atoms in total. The fraction of sp³-hybridized carbons (Fsp3) is 0.723. The van der Waals surface area contributed by atoms with E-state index < -0.39 is 10.8 Å². The van der Waals surface area contributed by atoms with Gasteiger partial charge in [0, 0.05) is 67.2 Å². The number of carbonyl (C=O) groups excluding carboxylic acids is 4. The number of rotatable bonds is 54. The van der Waals surface area contributed by atoms with Crippen LogP contribution in [0.2, 0.25) is 0 Å². The SMILES string of the molecule is CCCCC(CC)CN(C(=O)c1cccc(C(=O)N(CC(CC)CCCC)C(CC)CCCC)c1N=Nc1c(C(C)(C)C)nn(-c2cc(-n3nc(C(C)(C)C)c(N=Nc4c(C(=O)N(CC(CC)CCCC)C(CC)CCCC)cccc4C(=O)N(CC(CC)CCCC)C(CC)CCCC)c3N)ncn2)c1N)C(CC)CCCC. The summed E-state index contributed by atoms with van der Waals surface area (Å²) in [5.74, 6) is 1.30. The number of amides is 4. The number of azo groups is 2. The van der Waals surface area contributed by atoms with Gasteiger partial charge in [0.05, 0.1) is 33.6 Å². The van der Waals surface area contributed by atoms with Gasteiger partial charge in [0.1, 0.15) is 17.7 Å². The molecular weight excluding hydrogens is 1420 g/mol. The van der Waals surface area contributed by atoms with Crippen LogP contribution in [0, 0.1) is 23.7 Å². The molecule has 0 spiro atoms. The third-order valence-corrected chi connectivity index (χ3v) is 24.0. The van der Waals surface area contributed by atoms with Crippen LogP contribution < -0.4 is 11.5 Å². The Balaban J connectivity index is 1.85. The number of carbonyl (C=O) groups is 4. The second-order valence-electron chi connectivity index (χ2n) is 34.8. The number of hydrogen-bond acceptors (Lipinski definition) is 14. The lowest BCUT2D eigenvalue weighted by Gasteiger charge is -2.36. The molecule has 114 heavy (non-hydrogen) atoms. The Labute approximate surface area is 691 Å². The molecule has 20 heteroatoms. The molecule has 8 unspecified atom stereocenters. The molecule has 0 saturated carbocycles. The van der Waals surface area contributed by atoms with Gasteiger partial charge in [-0.2, -0.15) is 19.6 Å². The van der Waals surface area contributed by atoms with Crippen LogP contribution >= 0.6 is 0 Å². The van der Waals surface area contributed by atoms with Crippen molar-refractivity contribution >= 4 is 58.0 Å². The Bertz CT molecular complexity index is 3380. The van der Waals surface area contributed by atoms with Crippen LogP contribution in [-0.2, 0) is 10.8 Å². The van der Waals surface area contributed by atoms with Crippen molar-refractivity contribution in [2.45, 2.75) is 393 Å². The maximum Gasteiger partial charge on any atom is 0.256 e. The van der Waals surface area contributed by atoms with E-state index in [2.05, 4.69) is 130 Å². The van der Waals surface area contributed by atoms with Gasteiger partial charge in [-0.25, -0.2) is 9.97 Å². The zero-order chi connectivity index (χ0) is 84.2. The topological polar surface area (TPSA) is 244 Å². The average molecular weight is 1580 g/mol. The Kier molecular flexibility index (Phi) is 42.3. The molecule has 0 aliphatic heterocycles. The van der Waals surface area contributed by atoms with Crippen molar-refractivity contribution in [1.82, 2.24) is 49.1 Å². The number of nitrogen functional groups attached to an aromatic ring is 2. The van der Waals surface area contributed by atoms with Crippen molar-refractivity contribution < 1.29 is 19.2 Å². The van der Waals surface area contributed by atoms with Crippen molar-refractivity contribution in [1.29, 1.82) is 0 Å². The van der Waals surface area contributed by atoms with Gasteiger partial charge in [0.25, 0.3) is 23.6 Å². The molecule has 2 aromatic carbocycles. The van der Waals surface area contributed by atoms with Crippen LogP contribution in [0.4, 0.5) is 34.4 Å². The summed E-state index contributed by atoms with van der Waals surface area (Å²) in [5, 5.41) is 31.0. The second-order valence-corrected chi connectivity index (χ2v) is 34.8. The first kappa shape index (κ1) is 97.2. The number of nitrogens with two attached hydrogens (primary N) is 2. The first-order chi connectivity index (χ1) is 54.7. The molecule has 4 N–H and O–H groups in total. The Morgan fingerprint density at radius 1 is 0.351 bits per heavy atom. The summed E-state index contributed by atoms with van der Waals surface area (Å²) in [6.07, 6.45) is 32.3. The predicted molar refractivity (Wildman–Crippen MR) is 476 cm³/mol. The van der Waals surface area contributed by atoms with Crippen LogP contribution in [0.25, 0.3) is 11.6 Å². The van der Waals surface area contributed by atoms with Crippen LogP contribution in [-0.4, -0.2) is 123 Å². The normalized spacial score (nSPS) is 14.3. The highest BCUT2D eigenvalue weighted by Crippen LogP contribution is 2.43.